The predicted molar refractivity (Wildman–Crippen MR) is 80.8 cm³/mol. The number of anilines is 1. The number of carbonyl (C=O) groups is 1. The quantitative estimate of drug-likeness (QED) is 0.918. The van der Waals surface area contributed by atoms with Crippen LogP contribution in [0.4, 0.5) is 10.1 Å². The average Bonchev–Trinajstić information content (AvgIpc) is 2.44. The van der Waals surface area contributed by atoms with E-state index in [4.69, 9.17) is 0 Å². The van der Waals surface area contributed by atoms with Crippen molar-refractivity contribution in [3.8, 4) is 0 Å². The van der Waals surface area contributed by atoms with Crippen LogP contribution in [0.25, 0.3) is 0 Å². The molecule has 1 heterocycles. The second kappa shape index (κ2) is 6.62. The molecular formula is C14H13BrFN3O2. The van der Waals surface area contributed by atoms with E-state index >= 15 is 0 Å². The third kappa shape index (κ3) is 3.75. The summed E-state index contributed by atoms with van der Waals surface area (Å²) in [6.45, 7) is 2.32. The molecule has 0 aliphatic rings. The molecule has 0 spiro atoms. The van der Waals surface area contributed by atoms with Gasteiger partial charge in [0.15, 0.2) is 0 Å². The number of carbonyl (C=O) groups excluding carboxylic acids is 1. The van der Waals surface area contributed by atoms with Crippen LogP contribution >= 0.6 is 15.9 Å². The van der Waals surface area contributed by atoms with Gasteiger partial charge in [0.05, 0.1) is 5.69 Å². The molecule has 0 fully saturated rings. The van der Waals surface area contributed by atoms with Crippen LogP contribution in [0.3, 0.4) is 0 Å². The van der Waals surface area contributed by atoms with Gasteiger partial charge in [0, 0.05) is 17.1 Å². The highest BCUT2D eigenvalue weighted by Crippen LogP contribution is 2.19. The highest BCUT2D eigenvalue weighted by atomic mass is 79.9. The van der Waals surface area contributed by atoms with E-state index in [1.54, 1.807) is 6.07 Å². The van der Waals surface area contributed by atoms with Crippen molar-refractivity contribution in [2.45, 2.75) is 19.9 Å². The molecule has 0 aliphatic heterocycles. The lowest BCUT2D eigenvalue weighted by Crippen LogP contribution is -2.26. The Morgan fingerprint density at radius 2 is 2.14 bits per heavy atom. The summed E-state index contributed by atoms with van der Waals surface area (Å²) < 4.78 is 15.5. The lowest BCUT2D eigenvalue weighted by atomic mass is 10.3. The Hall–Kier alpha value is -2.02. The zero-order valence-corrected chi connectivity index (χ0v) is 12.9. The number of aromatic nitrogens is 2. The van der Waals surface area contributed by atoms with Crippen LogP contribution in [0.1, 0.15) is 23.8 Å². The van der Waals surface area contributed by atoms with E-state index in [1.807, 2.05) is 6.92 Å². The minimum absolute atomic E-state index is 0.0539. The van der Waals surface area contributed by atoms with E-state index in [0.717, 1.165) is 6.42 Å². The molecule has 5 nitrogen and oxygen atoms in total. The number of benzene rings is 1. The molecule has 1 N–H and O–H groups in total. The highest BCUT2D eigenvalue weighted by Gasteiger charge is 2.12. The van der Waals surface area contributed by atoms with E-state index in [1.165, 1.54) is 28.9 Å². The molecular weight excluding hydrogens is 341 g/mol. The average molecular weight is 354 g/mol. The number of halogens is 2. The molecule has 0 saturated carbocycles. The van der Waals surface area contributed by atoms with Gasteiger partial charge in [0.2, 0.25) is 0 Å². The maximum absolute atomic E-state index is 13.7. The first-order chi connectivity index (χ1) is 10.0. The minimum atomic E-state index is -0.568. The number of aryl methyl sites for hydroxylation is 1. The van der Waals surface area contributed by atoms with Gasteiger partial charge in [-0.1, -0.05) is 22.9 Å². The summed E-state index contributed by atoms with van der Waals surface area (Å²) in [5.74, 6) is -1.12. The van der Waals surface area contributed by atoms with Crippen molar-refractivity contribution in [2.24, 2.45) is 0 Å². The number of nitrogens with one attached hydrogen (secondary N) is 1. The number of nitrogens with zero attached hydrogens (tertiary/aromatic N) is 2. The van der Waals surface area contributed by atoms with E-state index in [0.29, 0.717) is 11.0 Å². The molecule has 0 radical (unpaired) electrons. The normalized spacial score (nSPS) is 10.4. The number of amides is 1. The zero-order chi connectivity index (χ0) is 15.4. The van der Waals surface area contributed by atoms with Gasteiger partial charge in [0.25, 0.3) is 11.5 Å². The van der Waals surface area contributed by atoms with Crippen LogP contribution < -0.4 is 10.9 Å². The molecule has 2 rings (SSSR count). The Morgan fingerprint density at radius 3 is 2.81 bits per heavy atom. The van der Waals surface area contributed by atoms with Crippen molar-refractivity contribution in [1.29, 1.82) is 0 Å². The van der Waals surface area contributed by atoms with Crippen molar-refractivity contribution in [2.75, 3.05) is 5.32 Å². The number of hydrogen-bond acceptors (Lipinski definition) is 3. The Balaban J connectivity index is 2.24. The van der Waals surface area contributed by atoms with Gasteiger partial charge in [-0.05, 0) is 30.7 Å². The largest absolute Gasteiger partial charge is 0.318 e. The topological polar surface area (TPSA) is 64.0 Å². The van der Waals surface area contributed by atoms with Crippen LogP contribution in [0, 0.1) is 5.82 Å². The smallest absolute Gasteiger partial charge is 0.276 e. The fraction of sp³-hybridized carbons (Fsp3) is 0.214. The first-order valence-electron chi connectivity index (χ1n) is 6.36. The molecule has 110 valence electrons. The molecule has 0 bridgehead atoms. The van der Waals surface area contributed by atoms with Crippen LogP contribution in [-0.4, -0.2) is 15.7 Å². The summed E-state index contributed by atoms with van der Waals surface area (Å²) in [5, 5.41) is 6.40. The summed E-state index contributed by atoms with van der Waals surface area (Å²) in [7, 11) is 0. The van der Waals surface area contributed by atoms with Crippen molar-refractivity contribution < 1.29 is 9.18 Å². The minimum Gasteiger partial charge on any atom is -0.318 e. The Kier molecular flexibility index (Phi) is 4.85. The van der Waals surface area contributed by atoms with Gasteiger partial charge < -0.3 is 5.32 Å². The molecule has 0 saturated heterocycles. The lowest BCUT2D eigenvalue weighted by molar-refractivity contribution is 0.101. The zero-order valence-electron chi connectivity index (χ0n) is 11.3. The molecule has 0 atom stereocenters. The number of hydrogen-bond donors (Lipinski definition) is 1. The maximum Gasteiger partial charge on any atom is 0.276 e. The summed E-state index contributed by atoms with van der Waals surface area (Å²) in [6.07, 6.45) is 0.722. The van der Waals surface area contributed by atoms with Crippen LogP contribution in [0.5, 0.6) is 0 Å². The van der Waals surface area contributed by atoms with E-state index in [9.17, 15) is 14.0 Å². The van der Waals surface area contributed by atoms with Crippen LogP contribution in [0.15, 0.2) is 39.6 Å². The Morgan fingerprint density at radius 1 is 1.38 bits per heavy atom. The summed E-state index contributed by atoms with van der Waals surface area (Å²) in [6, 6.07) is 6.90. The second-order valence-corrected chi connectivity index (χ2v) is 5.27. The monoisotopic (exact) mass is 353 g/mol. The molecule has 1 amide bonds. The molecule has 1 aromatic carbocycles. The van der Waals surface area contributed by atoms with Crippen molar-refractivity contribution in [3.05, 3.63) is 56.7 Å². The van der Waals surface area contributed by atoms with Gasteiger partial charge in [-0.25, -0.2) is 9.07 Å². The van der Waals surface area contributed by atoms with Gasteiger partial charge >= 0.3 is 0 Å². The van der Waals surface area contributed by atoms with Gasteiger partial charge in [-0.15, -0.1) is 0 Å². The first kappa shape index (κ1) is 15.4. The maximum atomic E-state index is 13.7. The molecule has 21 heavy (non-hydrogen) atoms. The van der Waals surface area contributed by atoms with E-state index in [-0.39, 0.29) is 16.9 Å². The molecule has 2 aromatic rings. The molecule has 1 aromatic heterocycles. The van der Waals surface area contributed by atoms with Crippen molar-refractivity contribution >= 4 is 27.5 Å². The summed E-state index contributed by atoms with van der Waals surface area (Å²) in [4.78, 5) is 23.6. The highest BCUT2D eigenvalue weighted by molar-refractivity contribution is 9.10. The Labute approximate surface area is 128 Å². The van der Waals surface area contributed by atoms with Crippen LogP contribution in [0.2, 0.25) is 0 Å². The third-order valence-corrected chi connectivity index (χ3v) is 3.21. The van der Waals surface area contributed by atoms with Gasteiger partial charge in [0.1, 0.15) is 11.5 Å². The predicted octanol–water partition coefficient (Wildman–Crippen LogP) is 2.81. The summed E-state index contributed by atoms with van der Waals surface area (Å²) >= 11 is 3.14. The molecule has 0 aliphatic carbocycles. The summed E-state index contributed by atoms with van der Waals surface area (Å²) in [5.41, 5.74) is -0.160. The van der Waals surface area contributed by atoms with E-state index < -0.39 is 11.7 Å². The number of rotatable bonds is 4. The fourth-order valence-electron chi connectivity index (χ4n) is 1.72. The van der Waals surface area contributed by atoms with Crippen molar-refractivity contribution in [3.63, 3.8) is 0 Å². The van der Waals surface area contributed by atoms with Gasteiger partial charge in [-0.3, -0.25) is 9.59 Å². The first-order valence-corrected chi connectivity index (χ1v) is 7.15. The third-order valence-electron chi connectivity index (χ3n) is 2.71. The lowest BCUT2D eigenvalue weighted by Gasteiger charge is -2.08. The van der Waals surface area contributed by atoms with Gasteiger partial charge in [-0.2, -0.15) is 5.10 Å². The molecule has 0 unspecified atom stereocenters. The van der Waals surface area contributed by atoms with Crippen LogP contribution in [-0.2, 0) is 6.54 Å². The molecule has 7 heteroatoms. The van der Waals surface area contributed by atoms with E-state index in [2.05, 4.69) is 26.3 Å². The van der Waals surface area contributed by atoms with Crippen molar-refractivity contribution in [1.82, 2.24) is 9.78 Å². The second-order valence-electron chi connectivity index (χ2n) is 4.36. The SMILES string of the molecule is CCCn1nc(C(=O)Nc2ccc(Br)cc2F)ccc1=O. The standard InChI is InChI=1S/C14H13BrFN3O2/c1-2-7-19-13(20)6-5-12(18-19)14(21)17-11-4-3-9(15)8-10(11)16/h3-6,8H,2,7H2,1H3,(H,17,21). The Bertz CT molecular complexity index is 730. The fourth-order valence-corrected chi connectivity index (χ4v) is 2.05.